The third kappa shape index (κ3) is 3.64. The fourth-order valence-corrected chi connectivity index (χ4v) is 2.56. The van der Waals surface area contributed by atoms with Crippen LogP contribution in [0.5, 0.6) is 5.75 Å². The topological polar surface area (TPSA) is 81.6 Å². The van der Waals surface area contributed by atoms with Crippen LogP contribution < -0.4 is 15.4 Å². The molecule has 1 saturated carbocycles. The number of rotatable bonds is 7. The minimum Gasteiger partial charge on any atom is -0.484 e. The minimum absolute atomic E-state index is 0.00318. The van der Waals surface area contributed by atoms with E-state index < -0.39 is 4.92 Å². The second kappa shape index (κ2) is 6.30. The molecule has 0 radical (unpaired) electrons. The Bertz CT molecular complexity index is 515. The van der Waals surface area contributed by atoms with Crippen molar-refractivity contribution in [2.24, 2.45) is 11.7 Å². The Kier molecular flexibility index (Phi) is 4.67. The standard InChI is InChI=1S/C15H23N3O3/c1-10(2)21-15-8-12(6-7-13(15)18(19)20)17(3)14(9-16)11-4-5-11/h6-8,10-11,14H,4-5,9,16H2,1-3H3. The Hall–Kier alpha value is -1.82. The van der Waals surface area contributed by atoms with E-state index in [2.05, 4.69) is 4.90 Å². The lowest BCUT2D eigenvalue weighted by molar-refractivity contribution is -0.386. The number of hydrogen-bond donors (Lipinski definition) is 1. The molecule has 0 aromatic heterocycles. The van der Waals surface area contributed by atoms with Crippen molar-refractivity contribution in [3.63, 3.8) is 0 Å². The summed E-state index contributed by atoms with van der Waals surface area (Å²) in [5, 5.41) is 11.1. The maximum Gasteiger partial charge on any atom is 0.311 e. The highest BCUT2D eigenvalue weighted by Gasteiger charge is 2.33. The van der Waals surface area contributed by atoms with E-state index in [1.165, 1.54) is 18.9 Å². The smallest absolute Gasteiger partial charge is 0.311 e. The molecule has 21 heavy (non-hydrogen) atoms. The van der Waals surface area contributed by atoms with Crippen molar-refractivity contribution in [2.75, 3.05) is 18.5 Å². The summed E-state index contributed by atoms with van der Waals surface area (Å²) >= 11 is 0. The van der Waals surface area contributed by atoms with Crippen molar-refractivity contribution in [3.05, 3.63) is 28.3 Å². The summed E-state index contributed by atoms with van der Waals surface area (Å²) in [7, 11) is 1.98. The summed E-state index contributed by atoms with van der Waals surface area (Å²) in [6.07, 6.45) is 2.29. The van der Waals surface area contributed by atoms with Gasteiger partial charge in [-0.3, -0.25) is 10.1 Å². The van der Waals surface area contributed by atoms with Gasteiger partial charge in [0.25, 0.3) is 0 Å². The van der Waals surface area contributed by atoms with Gasteiger partial charge in [0.1, 0.15) is 0 Å². The number of nitrogens with two attached hydrogens (primary N) is 1. The molecule has 0 aliphatic heterocycles. The van der Waals surface area contributed by atoms with Gasteiger partial charge < -0.3 is 15.4 Å². The maximum absolute atomic E-state index is 11.1. The second-order valence-corrected chi connectivity index (χ2v) is 5.83. The second-order valence-electron chi connectivity index (χ2n) is 5.83. The molecule has 0 heterocycles. The molecular formula is C15H23N3O3. The monoisotopic (exact) mass is 293 g/mol. The van der Waals surface area contributed by atoms with Crippen LogP contribution in [0, 0.1) is 16.0 Å². The van der Waals surface area contributed by atoms with Crippen molar-refractivity contribution in [1.82, 2.24) is 0 Å². The number of anilines is 1. The molecule has 0 saturated heterocycles. The van der Waals surface area contributed by atoms with E-state index in [0.717, 1.165) is 5.69 Å². The molecule has 2 N–H and O–H groups in total. The van der Waals surface area contributed by atoms with E-state index >= 15 is 0 Å². The number of likely N-dealkylation sites (N-methyl/N-ethyl adjacent to an activating group) is 1. The molecule has 0 bridgehead atoms. The van der Waals surface area contributed by atoms with E-state index in [4.69, 9.17) is 10.5 Å². The summed E-state index contributed by atoms with van der Waals surface area (Å²) in [5.41, 5.74) is 6.77. The zero-order valence-corrected chi connectivity index (χ0v) is 12.8. The van der Waals surface area contributed by atoms with Gasteiger partial charge in [0.05, 0.1) is 11.0 Å². The number of nitro benzene ring substituents is 1. The quantitative estimate of drug-likeness (QED) is 0.617. The molecule has 6 heteroatoms. The SMILES string of the molecule is CC(C)Oc1cc(N(C)C(CN)C2CC2)ccc1[N+](=O)[O-]. The van der Waals surface area contributed by atoms with Gasteiger partial charge in [-0.25, -0.2) is 0 Å². The molecule has 1 aliphatic carbocycles. The Morgan fingerprint density at radius 2 is 2.14 bits per heavy atom. The highest BCUT2D eigenvalue weighted by Crippen LogP contribution is 2.38. The van der Waals surface area contributed by atoms with Crippen LogP contribution in [0.2, 0.25) is 0 Å². The highest BCUT2D eigenvalue weighted by atomic mass is 16.6. The first-order valence-electron chi connectivity index (χ1n) is 7.32. The lowest BCUT2D eigenvalue weighted by Gasteiger charge is -2.29. The number of nitro groups is 1. The Balaban J connectivity index is 2.29. The van der Waals surface area contributed by atoms with Gasteiger partial charge in [-0.05, 0) is 38.7 Å². The number of ether oxygens (including phenoxy) is 1. The van der Waals surface area contributed by atoms with Gasteiger partial charge in [0, 0.05) is 37.5 Å². The average Bonchev–Trinajstić information content (AvgIpc) is 3.23. The largest absolute Gasteiger partial charge is 0.484 e. The predicted molar refractivity (Wildman–Crippen MR) is 82.8 cm³/mol. The Morgan fingerprint density at radius 3 is 2.62 bits per heavy atom. The molecule has 0 spiro atoms. The van der Waals surface area contributed by atoms with Crippen LogP contribution in [0.1, 0.15) is 26.7 Å². The third-order valence-electron chi connectivity index (χ3n) is 3.82. The summed E-state index contributed by atoms with van der Waals surface area (Å²) in [4.78, 5) is 12.8. The van der Waals surface area contributed by atoms with Crippen molar-refractivity contribution >= 4 is 11.4 Å². The molecule has 1 unspecified atom stereocenters. The van der Waals surface area contributed by atoms with E-state index in [1.54, 1.807) is 12.1 Å². The molecule has 0 amide bonds. The van der Waals surface area contributed by atoms with E-state index in [-0.39, 0.29) is 17.8 Å². The van der Waals surface area contributed by atoms with Crippen LogP contribution in [0.4, 0.5) is 11.4 Å². The number of hydrogen-bond acceptors (Lipinski definition) is 5. The van der Waals surface area contributed by atoms with Crippen LogP contribution in [0.15, 0.2) is 18.2 Å². The third-order valence-corrected chi connectivity index (χ3v) is 3.82. The maximum atomic E-state index is 11.1. The Morgan fingerprint density at radius 1 is 1.48 bits per heavy atom. The van der Waals surface area contributed by atoms with Gasteiger partial charge in [0.15, 0.2) is 5.75 Å². The van der Waals surface area contributed by atoms with Gasteiger partial charge in [-0.15, -0.1) is 0 Å². The van der Waals surface area contributed by atoms with Crippen molar-refractivity contribution in [3.8, 4) is 5.75 Å². The lowest BCUT2D eigenvalue weighted by Crippen LogP contribution is -2.39. The first-order valence-corrected chi connectivity index (χ1v) is 7.32. The molecule has 2 rings (SSSR count). The number of benzene rings is 1. The fraction of sp³-hybridized carbons (Fsp3) is 0.600. The normalized spacial score (nSPS) is 15.9. The summed E-state index contributed by atoms with van der Waals surface area (Å²) in [5.74, 6) is 0.940. The average molecular weight is 293 g/mol. The zero-order chi connectivity index (χ0) is 15.6. The van der Waals surface area contributed by atoms with Crippen LogP contribution in [-0.2, 0) is 0 Å². The van der Waals surface area contributed by atoms with Crippen LogP contribution in [0.25, 0.3) is 0 Å². The molecular weight excluding hydrogens is 270 g/mol. The molecule has 1 atom stereocenters. The molecule has 1 aromatic carbocycles. The van der Waals surface area contributed by atoms with Gasteiger partial charge in [-0.1, -0.05) is 0 Å². The molecule has 1 aliphatic rings. The summed E-state index contributed by atoms with van der Waals surface area (Å²) in [6, 6.07) is 5.28. The highest BCUT2D eigenvalue weighted by molar-refractivity contribution is 5.59. The van der Waals surface area contributed by atoms with Gasteiger partial charge in [-0.2, -0.15) is 0 Å². The molecule has 1 fully saturated rings. The first-order chi connectivity index (χ1) is 9.93. The summed E-state index contributed by atoms with van der Waals surface area (Å²) in [6.45, 7) is 4.29. The van der Waals surface area contributed by atoms with Gasteiger partial charge >= 0.3 is 5.69 Å². The van der Waals surface area contributed by atoms with Crippen molar-refractivity contribution < 1.29 is 9.66 Å². The molecule has 116 valence electrons. The van der Waals surface area contributed by atoms with E-state index in [0.29, 0.717) is 18.2 Å². The summed E-state index contributed by atoms with van der Waals surface area (Å²) < 4.78 is 5.59. The van der Waals surface area contributed by atoms with Crippen molar-refractivity contribution in [1.29, 1.82) is 0 Å². The Labute approximate surface area is 125 Å². The molecule has 6 nitrogen and oxygen atoms in total. The van der Waals surface area contributed by atoms with E-state index in [1.807, 2.05) is 20.9 Å². The first kappa shape index (κ1) is 15.6. The van der Waals surface area contributed by atoms with Gasteiger partial charge in [0.2, 0.25) is 0 Å². The minimum atomic E-state index is -0.414. The van der Waals surface area contributed by atoms with Crippen molar-refractivity contribution in [2.45, 2.75) is 38.8 Å². The van der Waals surface area contributed by atoms with E-state index in [9.17, 15) is 10.1 Å². The number of nitrogens with zero attached hydrogens (tertiary/aromatic N) is 2. The van der Waals surface area contributed by atoms with Crippen LogP contribution in [-0.4, -0.2) is 30.7 Å². The van der Waals surface area contributed by atoms with Crippen LogP contribution >= 0.6 is 0 Å². The molecule has 1 aromatic rings. The van der Waals surface area contributed by atoms with Crippen LogP contribution in [0.3, 0.4) is 0 Å². The fourth-order valence-electron chi connectivity index (χ4n) is 2.56. The zero-order valence-electron chi connectivity index (χ0n) is 12.8. The lowest BCUT2D eigenvalue weighted by atomic mass is 10.1. The predicted octanol–water partition coefficient (Wildman–Crippen LogP) is 2.56.